The minimum absolute atomic E-state index is 0.263. The highest BCUT2D eigenvalue weighted by molar-refractivity contribution is 5.21. The first kappa shape index (κ1) is 12.1. The van der Waals surface area contributed by atoms with Crippen LogP contribution in [0, 0.1) is 6.42 Å². The predicted octanol–water partition coefficient (Wildman–Crippen LogP) is 4.24. The average molecular weight is 205 g/mol. The van der Waals surface area contributed by atoms with E-state index in [2.05, 4.69) is 20.3 Å². The van der Waals surface area contributed by atoms with Gasteiger partial charge in [-0.1, -0.05) is 44.9 Å². The lowest BCUT2D eigenvalue weighted by molar-refractivity contribution is 0.218. The van der Waals surface area contributed by atoms with Crippen LogP contribution in [-0.4, -0.2) is 6.10 Å². The maximum atomic E-state index is 5.85. The van der Waals surface area contributed by atoms with E-state index < -0.39 is 0 Å². The van der Waals surface area contributed by atoms with Crippen LogP contribution in [0.1, 0.15) is 39.5 Å². The lowest BCUT2D eigenvalue weighted by Crippen LogP contribution is -2.15. The van der Waals surface area contributed by atoms with Gasteiger partial charge in [-0.25, -0.2) is 0 Å². The molecular weight excluding hydrogens is 184 g/mol. The first-order valence-electron chi connectivity index (χ1n) is 5.88. The molecule has 0 N–H and O–H groups in total. The number of benzene rings is 1. The van der Waals surface area contributed by atoms with Crippen molar-refractivity contribution in [3.63, 3.8) is 0 Å². The number of hydrogen-bond donors (Lipinski definition) is 0. The molecule has 1 aromatic rings. The third-order valence-electron chi connectivity index (χ3n) is 2.49. The van der Waals surface area contributed by atoms with E-state index in [1.54, 1.807) is 0 Å². The Hall–Kier alpha value is -0.980. The molecule has 0 aliphatic carbocycles. The van der Waals surface area contributed by atoms with Crippen molar-refractivity contribution >= 4 is 0 Å². The van der Waals surface area contributed by atoms with E-state index in [4.69, 9.17) is 4.74 Å². The van der Waals surface area contributed by atoms with Crippen molar-refractivity contribution in [3.05, 3.63) is 36.8 Å². The van der Waals surface area contributed by atoms with E-state index in [1.165, 1.54) is 19.3 Å². The molecule has 1 aromatic carbocycles. The highest BCUT2D eigenvalue weighted by Gasteiger charge is 2.07. The molecule has 1 radical (unpaired) electrons. The van der Waals surface area contributed by atoms with Crippen molar-refractivity contribution in [2.45, 2.75) is 45.6 Å². The first-order chi connectivity index (χ1) is 7.36. The zero-order valence-electron chi connectivity index (χ0n) is 9.78. The molecule has 1 atom stereocenters. The normalized spacial score (nSPS) is 12.4. The molecule has 0 saturated carbocycles. The van der Waals surface area contributed by atoms with E-state index in [0.717, 1.165) is 12.2 Å². The van der Waals surface area contributed by atoms with Gasteiger partial charge in [0.1, 0.15) is 11.9 Å². The van der Waals surface area contributed by atoms with Crippen molar-refractivity contribution < 1.29 is 4.74 Å². The van der Waals surface area contributed by atoms with E-state index in [9.17, 15) is 0 Å². The number of rotatable bonds is 7. The molecule has 0 aliphatic rings. The van der Waals surface area contributed by atoms with Gasteiger partial charge >= 0.3 is 0 Å². The van der Waals surface area contributed by atoms with Gasteiger partial charge in [-0.15, -0.1) is 0 Å². The molecule has 1 rings (SSSR count). The Bertz CT molecular complexity index is 243. The largest absolute Gasteiger partial charge is 0.490 e. The Morgan fingerprint density at radius 2 is 1.93 bits per heavy atom. The van der Waals surface area contributed by atoms with Gasteiger partial charge < -0.3 is 4.74 Å². The lowest BCUT2D eigenvalue weighted by atomic mass is 10.1. The van der Waals surface area contributed by atoms with Crippen LogP contribution in [-0.2, 0) is 0 Å². The Kier molecular flexibility index (Phi) is 5.91. The van der Waals surface area contributed by atoms with Gasteiger partial charge in [-0.2, -0.15) is 0 Å². The molecule has 15 heavy (non-hydrogen) atoms. The van der Waals surface area contributed by atoms with Crippen molar-refractivity contribution in [1.82, 2.24) is 0 Å². The second kappa shape index (κ2) is 7.33. The summed E-state index contributed by atoms with van der Waals surface area (Å²) in [5.74, 6) is 0.970. The van der Waals surface area contributed by atoms with Crippen molar-refractivity contribution in [3.8, 4) is 5.75 Å². The molecule has 0 fully saturated rings. The Morgan fingerprint density at radius 3 is 2.53 bits per heavy atom. The van der Waals surface area contributed by atoms with Crippen LogP contribution >= 0.6 is 0 Å². The maximum absolute atomic E-state index is 5.85. The zero-order chi connectivity index (χ0) is 10.9. The SMILES string of the molecule is C[CH]C(CCCCC)Oc1ccccc1. The minimum Gasteiger partial charge on any atom is -0.490 e. The van der Waals surface area contributed by atoms with Gasteiger partial charge in [0.05, 0.1) is 0 Å². The summed E-state index contributed by atoms with van der Waals surface area (Å²) in [4.78, 5) is 0. The molecule has 0 spiro atoms. The molecule has 83 valence electrons. The van der Waals surface area contributed by atoms with E-state index in [0.29, 0.717) is 0 Å². The van der Waals surface area contributed by atoms with E-state index in [1.807, 2.05) is 30.3 Å². The monoisotopic (exact) mass is 205 g/mol. The lowest BCUT2D eigenvalue weighted by Gasteiger charge is -2.16. The predicted molar refractivity (Wildman–Crippen MR) is 65.0 cm³/mol. The van der Waals surface area contributed by atoms with E-state index >= 15 is 0 Å². The van der Waals surface area contributed by atoms with Crippen LogP contribution in [0.15, 0.2) is 30.3 Å². The van der Waals surface area contributed by atoms with Crippen LogP contribution in [0.5, 0.6) is 5.75 Å². The molecule has 0 amide bonds. The molecule has 0 aliphatic heterocycles. The zero-order valence-corrected chi connectivity index (χ0v) is 9.78. The summed E-state index contributed by atoms with van der Waals surface area (Å²) < 4.78 is 5.85. The highest BCUT2D eigenvalue weighted by Crippen LogP contribution is 2.15. The quantitative estimate of drug-likeness (QED) is 0.605. The van der Waals surface area contributed by atoms with Gasteiger partial charge in [0.25, 0.3) is 0 Å². The van der Waals surface area contributed by atoms with Crippen LogP contribution < -0.4 is 4.74 Å². The van der Waals surface area contributed by atoms with Crippen molar-refractivity contribution in [2.75, 3.05) is 0 Å². The Labute approximate surface area is 93.5 Å². The molecule has 1 heteroatoms. The summed E-state index contributed by atoms with van der Waals surface area (Å²) in [7, 11) is 0. The van der Waals surface area contributed by atoms with Crippen molar-refractivity contribution in [2.24, 2.45) is 0 Å². The average Bonchev–Trinajstić information content (AvgIpc) is 2.29. The van der Waals surface area contributed by atoms with Gasteiger partial charge in [0, 0.05) is 0 Å². The summed E-state index contributed by atoms with van der Waals surface area (Å²) in [5, 5.41) is 0. The standard InChI is InChI=1S/C14H21O/c1-3-5-7-10-13(4-2)15-14-11-8-6-9-12-14/h4,6,8-9,11-13H,3,5,7,10H2,1-2H3. The summed E-state index contributed by atoms with van der Waals surface area (Å²) in [6.07, 6.45) is 7.34. The second-order valence-electron chi connectivity index (χ2n) is 3.80. The fraction of sp³-hybridized carbons (Fsp3) is 0.500. The van der Waals surface area contributed by atoms with Gasteiger partial charge in [0.2, 0.25) is 0 Å². The Morgan fingerprint density at radius 1 is 1.20 bits per heavy atom. The molecule has 0 bridgehead atoms. The smallest absolute Gasteiger partial charge is 0.119 e. The molecule has 0 saturated heterocycles. The topological polar surface area (TPSA) is 9.23 Å². The molecule has 0 aromatic heterocycles. The van der Waals surface area contributed by atoms with Crippen LogP contribution in [0.25, 0.3) is 0 Å². The summed E-state index contributed by atoms with van der Waals surface area (Å²) in [6.45, 7) is 4.29. The number of hydrogen-bond acceptors (Lipinski definition) is 1. The summed E-state index contributed by atoms with van der Waals surface area (Å²) in [5.41, 5.74) is 0. The highest BCUT2D eigenvalue weighted by atomic mass is 16.5. The Balaban J connectivity index is 2.33. The molecule has 0 heterocycles. The van der Waals surface area contributed by atoms with Gasteiger partial charge in [-0.05, 0) is 31.4 Å². The summed E-state index contributed by atoms with van der Waals surface area (Å²) >= 11 is 0. The summed E-state index contributed by atoms with van der Waals surface area (Å²) in [6, 6.07) is 10.0. The third-order valence-corrected chi connectivity index (χ3v) is 2.49. The van der Waals surface area contributed by atoms with Crippen LogP contribution in [0.4, 0.5) is 0 Å². The number of ether oxygens (including phenoxy) is 1. The molecule has 1 nitrogen and oxygen atoms in total. The fourth-order valence-corrected chi connectivity index (χ4v) is 1.56. The fourth-order valence-electron chi connectivity index (χ4n) is 1.56. The van der Waals surface area contributed by atoms with Crippen molar-refractivity contribution in [1.29, 1.82) is 0 Å². The number of para-hydroxylation sites is 1. The third kappa shape index (κ3) is 4.87. The maximum Gasteiger partial charge on any atom is 0.119 e. The minimum atomic E-state index is 0.263. The van der Waals surface area contributed by atoms with Gasteiger partial charge in [0.15, 0.2) is 0 Å². The van der Waals surface area contributed by atoms with Gasteiger partial charge in [-0.3, -0.25) is 0 Å². The van der Waals surface area contributed by atoms with Crippen LogP contribution in [0.3, 0.4) is 0 Å². The molecule has 1 unspecified atom stereocenters. The first-order valence-corrected chi connectivity index (χ1v) is 5.88. The number of unbranched alkanes of at least 4 members (excludes halogenated alkanes) is 2. The van der Waals surface area contributed by atoms with Crippen LogP contribution in [0.2, 0.25) is 0 Å². The molecular formula is C14H21O. The van der Waals surface area contributed by atoms with E-state index in [-0.39, 0.29) is 6.10 Å². The second-order valence-corrected chi connectivity index (χ2v) is 3.80.